The molecule has 2 aromatic heterocycles. The molecule has 2 rings (SSSR count). The average molecular weight is 160 g/mol. The van der Waals surface area contributed by atoms with E-state index in [9.17, 15) is 0 Å². The number of hydrogen-bond donors (Lipinski definition) is 0. The lowest BCUT2D eigenvalue weighted by Crippen LogP contribution is -1.94. The van der Waals surface area contributed by atoms with Crippen LogP contribution in [0.4, 0.5) is 0 Å². The maximum Gasteiger partial charge on any atom is 0.133 e. The molecule has 0 saturated carbocycles. The van der Waals surface area contributed by atoms with E-state index in [2.05, 4.69) is 20.2 Å². The fraction of sp³-hybridized carbons (Fsp3) is 0.250. The fourth-order valence-electron chi connectivity index (χ4n) is 1.07. The number of fused-ring (bicyclic) bond motifs is 1. The molecule has 0 saturated heterocycles. The van der Waals surface area contributed by atoms with Crippen molar-refractivity contribution in [2.45, 2.75) is 13.8 Å². The molecule has 0 bridgehead atoms. The van der Waals surface area contributed by atoms with Gasteiger partial charge in [0.1, 0.15) is 11.8 Å². The summed E-state index contributed by atoms with van der Waals surface area (Å²) in [5.74, 6) is 0. The van der Waals surface area contributed by atoms with Gasteiger partial charge < -0.3 is 0 Å². The Morgan fingerprint density at radius 3 is 2.75 bits per heavy atom. The van der Waals surface area contributed by atoms with E-state index in [4.69, 9.17) is 0 Å². The first-order chi connectivity index (χ1) is 5.77. The second-order valence-corrected chi connectivity index (χ2v) is 2.68. The minimum atomic E-state index is 0.781. The third-order valence-electron chi connectivity index (χ3n) is 1.69. The van der Waals surface area contributed by atoms with Gasteiger partial charge in [-0.2, -0.15) is 5.10 Å². The van der Waals surface area contributed by atoms with Gasteiger partial charge in [0, 0.05) is 0 Å². The molecule has 0 spiro atoms. The molecule has 0 fully saturated rings. The Labute approximate surface area is 69.7 Å². The van der Waals surface area contributed by atoms with Crippen molar-refractivity contribution in [1.82, 2.24) is 20.2 Å². The Kier molecular flexibility index (Phi) is 1.46. The second-order valence-electron chi connectivity index (χ2n) is 2.68. The van der Waals surface area contributed by atoms with Crippen molar-refractivity contribution < 1.29 is 0 Å². The first-order valence-corrected chi connectivity index (χ1v) is 3.69. The van der Waals surface area contributed by atoms with Gasteiger partial charge in [0.2, 0.25) is 0 Å². The highest BCUT2D eigenvalue weighted by Gasteiger charge is 2.00. The van der Waals surface area contributed by atoms with E-state index in [1.807, 2.05) is 19.9 Å². The molecule has 2 aromatic rings. The van der Waals surface area contributed by atoms with E-state index < -0.39 is 0 Å². The lowest BCUT2D eigenvalue weighted by molar-refractivity contribution is 0.991. The quantitative estimate of drug-likeness (QED) is 0.577. The normalized spacial score (nSPS) is 10.5. The van der Waals surface area contributed by atoms with E-state index in [0.29, 0.717) is 0 Å². The molecule has 12 heavy (non-hydrogen) atoms. The minimum absolute atomic E-state index is 0.781. The van der Waals surface area contributed by atoms with Crippen LogP contribution in [0.15, 0.2) is 12.4 Å². The molecule has 0 aliphatic heterocycles. The lowest BCUT2D eigenvalue weighted by atomic mass is 10.3. The van der Waals surface area contributed by atoms with Crippen molar-refractivity contribution in [1.29, 1.82) is 0 Å². The van der Waals surface area contributed by atoms with Gasteiger partial charge in [0.15, 0.2) is 0 Å². The Morgan fingerprint density at radius 1 is 1.08 bits per heavy atom. The van der Waals surface area contributed by atoms with Gasteiger partial charge in [-0.05, 0) is 19.9 Å². The van der Waals surface area contributed by atoms with Crippen LogP contribution in [0.2, 0.25) is 0 Å². The van der Waals surface area contributed by atoms with E-state index in [0.717, 1.165) is 22.4 Å². The summed E-state index contributed by atoms with van der Waals surface area (Å²) in [6.07, 6.45) is 1.54. The third kappa shape index (κ3) is 1.01. The highest BCUT2D eigenvalue weighted by molar-refractivity contribution is 5.75. The molecule has 0 atom stereocenters. The van der Waals surface area contributed by atoms with Crippen molar-refractivity contribution in [3.05, 3.63) is 23.8 Å². The van der Waals surface area contributed by atoms with Crippen LogP contribution in [-0.2, 0) is 0 Å². The topological polar surface area (TPSA) is 51.6 Å². The summed E-state index contributed by atoms with van der Waals surface area (Å²) in [6, 6.07) is 1.90. The van der Waals surface area contributed by atoms with Crippen LogP contribution < -0.4 is 0 Å². The summed E-state index contributed by atoms with van der Waals surface area (Å²) < 4.78 is 0. The fourth-order valence-corrected chi connectivity index (χ4v) is 1.07. The molecule has 2 heterocycles. The van der Waals surface area contributed by atoms with Gasteiger partial charge in [-0.15, -0.1) is 5.10 Å². The number of aryl methyl sites for hydroxylation is 2. The molecule has 0 amide bonds. The van der Waals surface area contributed by atoms with Crippen LogP contribution >= 0.6 is 0 Å². The molecular weight excluding hydrogens is 152 g/mol. The smallest absolute Gasteiger partial charge is 0.133 e. The molecule has 0 aliphatic rings. The number of rotatable bonds is 0. The molecule has 4 heteroatoms. The number of nitrogens with zero attached hydrogens (tertiary/aromatic N) is 4. The van der Waals surface area contributed by atoms with Gasteiger partial charge in [-0.25, -0.2) is 9.97 Å². The van der Waals surface area contributed by atoms with Crippen LogP contribution in [0, 0.1) is 13.8 Å². The predicted molar refractivity (Wildman–Crippen MR) is 44.6 cm³/mol. The van der Waals surface area contributed by atoms with Crippen molar-refractivity contribution in [3.63, 3.8) is 0 Å². The molecule has 0 radical (unpaired) electrons. The van der Waals surface area contributed by atoms with Gasteiger partial charge >= 0.3 is 0 Å². The summed E-state index contributed by atoms with van der Waals surface area (Å²) in [5, 5.41) is 7.94. The van der Waals surface area contributed by atoms with Gasteiger partial charge in [-0.3, -0.25) is 0 Å². The molecule has 0 aliphatic carbocycles. The van der Waals surface area contributed by atoms with Crippen LogP contribution in [0.5, 0.6) is 0 Å². The maximum atomic E-state index is 4.09. The highest BCUT2D eigenvalue weighted by atomic mass is 15.1. The van der Waals surface area contributed by atoms with Gasteiger partial charge in [0.05, 0.1) is 16.9 Å². The van der Waals surface area contributed by atoms with E-state index in [-0.39, 0.29) is 0 Å². The van der Waals surface area contributed by atoms with Crippen molar-refractivity contribution in [3.8, 4) is 0 Å². The lowest BCUT2D eigenvalue weighted by Gasteiger charge is -1.97. The summed E-state index contributed by atoms with van der Waals surface area (Å²) >= 11 is 0. The SMILES string of the molecule is Cc1cc2ncnc(C)c2nn1. The zero-order chi connectivity index (χ0) is 8.55. The molecular formula is C8H8N4. The van der Waals surface area contributed by atoms with Crippen molar-refractivity contribution in [2.75, 3.05) is 0 Å². The Morgan fingerprint density at radius 2 is 1.92 bits per heavy atom. The summed E-state index contributed by atoms with van der Waals surface area (Å²) in [6.45, 7) is 3.79. The first-order valence-electron chi connectivity index (χ1n) is 3.69. The van der Waals surface area contributed by atoms with E-state index >= 15 is 0 Å². The van der Waals surface area contributed by atoms with Crippen molar-refractivity contribution >= 4 is 11.0 Å². The second kappa shape index (κ2) is 2.48. The number of hydrogen-bond acceptors (Lipinski definition) is 4. The monoisotopic (exact) mass is 160 g/mol. The van der Waals surface area contributed by atoms with Crippen LogP contribution in [0.3, 0.4) is 0 Å². The summed E-state index contributed by atoms with van der Waals surface area (Å²) in [7, 11) is 0. The molecule has 60 valence electrons. The summed E-state index contributed by atoms with van der Waals surface area (Å²) in [4.78, 5) is 8.11. The minimum Gasteiger partial charge on any atom is -0.239 e. The summed E-state index contributed by atoms with van der Waals surface area (Å²) in [5.41, 5.74) is 3.38. The van der Waals surface area contributed by atoms with Crippen LogP contribution in [0.1, 0.15) is 11.4 Å². The Balaban J connectivity index is 2.86. The van der Waals surface area contributed by atoms with Crippen LogP contribution in [0.25, 0.3) is 11.0 Å². The molecule has 0 aromatic carbocycles. The largest absolute Gasteiger partial charge is 0.239 e. The molecule has 0 N–H and O–H groups in total. The maximum absolute atomic E-state index is 4.09. The Hall–Kier alpha value is -1.58. The van der Waals surface area contributed by atoms with Gasteiger partial charge in [-0.1, -0.05) is 0 Å². The van der Waals surface area contributed by atoms with E-state index in [1.54, 1.807) is 6.33 Å². The molecule has 0 unspecified atom stereocenters. The zero-order valence-corrected chi connectivity index (χ0v) is 6.94. The van der Waals surface area contributed by atoms with Gasteiger partial charge in [0.25, 0.3) is 0 Å². The first kappa shape index (κ1) is 7.09. The van der Waals surface area contributed by atoms with Crippen LogP contribution in [-0.4, -0.2) is 20.2 Å². The number of aromatic nitrogens is 4. The molecule has 4 nitrogen and oxygen atoms in total. The standard InChI is InChI=1S/C8H8N4/c1-5-3-7-8(12-11-5)6(2)9-4-10-7/h3-4H,1-2H3. The van der Waals surface area contributed by atoms with Crippen molar-refractivity contribution in [2.24, 2.45) is 0 Å². The zero-order valence-electron chi connectivity index (χ0n) is 6.94. The average Bonchev–Trinajstić information content (AvgIpc) is 2.04. The predicted octanol–water partition coefficient (Wildman–Crippen LogP) is 1.04. The third-order valence-corrected chi connectivity index (χ3v) is 1.69. The van der Waals surface area contributed by atoms with E-state index in [1.165, 1.54) is 0 Å². The Bertz CT molecular complexity index is 424. The highest BCUT2D eigenvalue weighted by Crippen LogP contribution is 2.09.